The van der Waals surface area contributed by atoms with Gasteiger partial charge < -0.3 is 10.3 Å². The topological polar surface area (TPSA) is 53.6 Å². The van der Waals surface area contributed by atoms with Crippen molar-refractivity contribution in [2.75, 3.05) is 11.9 Å². The van der Waals surface area contributed by atoms with E-state index in [9.17, 15) is 0 Å². The van der Waals surface area contributed by atoms with E-state index in [-0.39, 0.29) is 0 Å². The Morgan fingerprint density at radius 3 is 2.79 bits per heavy atom. The van der Waals surface area contributed by atoms with Gasteiger partial charge >= 0.3 is 0 Å². The summed E-state index contributed by atoms with van der Waals surface area (Å²) < 4.78 is 0. The highest BCUT2D eigenvalue weighted by Crippen LogP contribution is 2.33. The molecule has 1 aliphatic carbocycles. The van der Waals surface area contributed by atoms with Crippen LogP contribution in [-0.2, 0) is 0 Å². The third kappa shape index (κ3) is 2.72. The summed E-state index contributed by atoms with van der Waals surface area (Å²) in [5.74, 6) is 3.43. The van der Waals surface area contributed by atoms with Crippen molar-refractivity contribution in [2.45, 2.75) is 33.1 Å². The third-order valence-corrected chi connectivity index (χ3v) is 4.19. The van der Waals surface area contributed by atoms with E-state index in [0.29, 0.717) is 0 Å². The lowest BCUT2D eigenvalue weighted by atomic mass is 9.77. The molecule has 0 aromatic carbocycles. The van der Waals surface area contributed by atoms with Crippen molar-refractivity contribution in [1.29, 1.82) is 0 Å². The van der Waals surface area contributed by atoms with Crippen LogP contribution < -0.4 is 5.32 Å². The van der Waals surface area contributed by atoms with Crippen molar-refractivity contribution >= 4 is 16.9 Å². The van der Waals surface area contributed by atoms with Crippen LogP contribution >= 0.6 is 0 Å². The third-order valence-electron chi connectivity index (χ3n) is 4.19. The number of H-pyrrole nitrogens is 1. The van der Waals surface area contributed by atoms with Gasteiger partial charge in [0.15, 0.2) is 0 Å². The van der Waals surface area contributed by atoms with Crippen molar-refractivity contribution in [3.05, 3.63) is 18.6 Å². The zero-order valence-corrected chi connectivity index (χ0v) is 11.7. The Balaban J connectivity index is 1.67. The predicted octanol–water partition coefficient (Wildman–Crippen LogP) is 3.44. The maximum atomic E-state index is 4.36. The average Bonchev–Trinajstić information content (AvgIpc) is 2.83. The van der Waals surface area contributed by atoms with Gasteiger partial charge in [-0.2, -0.15) is 0 Å². The average molecular weight is 258 g/mol. The van der Waals surface area contributed by atoms with E-state index in [1.807, 2.05) is 12.3 Å². The first-order valence-corrected chi connectivity index (χ1v) is 7.24. The first-order valence-electron chi connectivity index (χ1n) is 7.24. The molecule has 2 aromatic rings. The van der Waals surface area contributed by atoms with Crippen LogP contribution in [0.15, 0.2) is 18.6 Å². The van der Waals surface area contributed by atoms with Crippen LogP contribution in [0.1, 0.15) is 33.1 Å². The van der Waals surface area contributed by atoms with Crippen molar-refractivity contribution < 1.29 is 0 Å². The molecule has 0 amide bonds. The van der Waals surface area contributed by atoms with E-state index in [1.54, 1.807) is 6.33 Å². The summed E-state index contributed by atoms with van der Waals surface area (Å²) in [6.07, 6.45) is 7.58. The summed E-state index contributed by atoms with van der Waals surface area (Å²) in [5.41, 5.74) is 0.905. The molecular weight excluding hydrogens is 236 g/mol. The van der Waals surface area contributed by atoms with Crippen LogP contribution in [-0.4, -0.2) is 21.5 Å². The molecule has 1 fully saturated rings. The van der Waals surface area contributed by atoms with Crippen LogP contribution in [0, 0.1) is 17.8 Å². The molecule has 1 aliphatic rings. The van der Waals surface area contributed by atoms with Crippen LogP contribution in [0.25, 0.3) is 11.0 Å². The number of aromatic nitrogens is 3. The molecule has 0 bridgehead atoms. The molecule has 3 rings (SSSR count). The highest BCUT2D eigenvalue weighted by molar-refractivity contribution is 5.86. The van der Waals surface area contributed by atoms with E-state index in [2.05, 4.69) is 34.1 Å². The molecule has 2 N–H and O–H groups in total. The smallest absolute Gasteiger partial charge is 0.142 e. The van der Waals surface area contributed by atoms with E-state index in [4.69, 9.17) is 0 Å². The fraction of sp³-hybridized carbons (Fsp3) is 0.600. The Morgan fingerprint density at radius 1 is 1.21 bits per heavy atom. The van der Waals surface area contributed by atoms with Crippen molar-refractivity contribution in [3.8, 4) is 0 Å². The maximum Gasteiger partial charge on any atom is 0.142 e. The highest BCUT2D eigenvalue weighted by Gasteiger charge is 2.23. The van der Waals surface area contributed by atoms with E-state index >= 15 is 0 Å². The molecule has 4 heteroatoms. The lowest BCUT2D eigenvalue weighted by Crippen LogP contribution is -2.25. The monoisotopic (exact) mass is 258 g/mol. The maximum absolute atomic E-state index is 4.36. The SMILES string of the molecule is CC1CC(C)CC(CNc2ncnc3[nH]ccc23)C1. The Morgan fingerprint density at radius 2 is 2.00 bits per heavy atom. The number of hydrogen-bond acceptors (Lipinski definition) is 3. The summed E-state index contributed by atoms with van der Waals surface area (Å²) in [6, 6.07) is 2.03. The Bertz CT molecular complexity index is 538. The molecule has 4 nitrogen and oxygen atoms in total. The van der Waals surface area contributed by atoms with Gasteiger partial charge in [-0.25, -0.2) is 9.97 Å². The zero-order valence-electron chi connectivity index (χ0n) is 11.7. The van der Waals surface area contributed by atoms with Crippen LogP contribution in [0.4, 0.5) is 5.82 Å². The molecule has 102 valence electrons. The predicted molar refractivity (Wildman–Crippen MR) is 78.0 cm³/mol. The van der Waals surface area contributed by atoms with Gasteiger partial charge in [-0.15, -0.1) is 0 Å². The van der Waals surface area contributed by atoms with Crippen LogP contribution in [0.5, 0.6) is 0 Å². The van der Waals surface area contributed by atoms with Crippen LogP contribution in [0.2, 0.25) is 0 Å². The molecule has 1 saturated carbocycles. The van der Waals surface area contributed by atoms with E-state index < -0.39 is 0 Å². The summed E-state index contributed by atoms with van der Waals surface area (Å²) in [6.45, 7) is 5.77. The molecule has 2 aromatic heterocycles. The first-order chi connectivity index (χ1) is 9.22. The molecule has 0 radical (unpaired) electrons. The molecule has 2 heterocycles. The fourth-order valence-electron chi connectivity index (χ4n) is 3.53. The highest BCUT2D eigenvalue weighted by atomic mass is 15.0. The molecule has 0 aliphatic heterocycles. The van der Waals surface area contributed by atoms with Gasteiger partial charge in [0.1, 0.15) is 17.8 Å². The Labute approximate surface area is 114 Å². The second-order valence-corrected chi connectivity index (χ2v) is 6.13. The molecule has 0 spiro atoms. The minimum atomic E-state index is 0.766. The number of anilines is 1. The number of hydrogen-bond donors (Lipinski definition) is 2. The van der Waals surface area contributed by atoms with Gasteiger partial charge in [0.05, 0.1) is 5.39 Å². The number of nitrogens with zero attached hydrogens (tertiary/aromatic N) is 2. The van der Waals surface area contributed by atoms with Crippen molar-refractivity contribution in [1.82, 2.24) is 15.0 Å². The second kappa shape index (κ2) is 5.19. The molecule has 19 heavy (non-hydrogen) atoms. The second-order valence-electron chi connectivity index (χ2n) is 6.13. The molecule has 0 saturated heterocycles. The standard InChI is InChI=1S/C15H22N4/c1-10-5-11(2)7-12(6-10)8-17-15-13-3-4-16-14(13)18-9-19-15/h3-4,9-12H,5-8H2,1-2H3,(H2,16,17,18,19). The summed E-state index contributed by atoms with van der Waals surface area (Å²) >= 11 is 0. The van der Waals surface area contributed by atoms with Gasteiger partial charge in [-0.1, -0.05) is 13.8 Å². The summed E-state index contributed by atoms with van der Waals surface area (Å²) in [7, 11) is 0. The minimum Gasteiger partial charge on any atom is -0.369 e. The largest absolute Gasteiger partial charge is 0.369 e. The number of nitrogens with one attached hydrogen (secondary N) is 2. The molecule has 2 unspecified atom stereocenters. The van der Waals surface area contributed by atoms with Crippen LogP contribution in [0.3, 0.4) is 0 Å². The normalized spacial score (nSPS) is 27.6. The van der Waals surface area contributed by atoms with E-state index in [1.165, 1.54) is 19.3 Å². The lowest BCUT2D eigenvalue weighted by Gasteiger charge is -2.31. The Kier molecular flexibility index (Phi) is 3.40. The number of fused-ring (bicyclic) bond motifs is 1. The number of rotatable bonds is 3. The molecule has 2 atom stereocenters. The minimum absolute atomic E-state index is 0.766. The van der Waals surface area contributed by atoms with Gasteiger partial charge in [-0.3, -0.25) is 0 Å². The Hall–Kier alpha value is -1.58. The van der Waals surface area contributed by atoms with Crippen molar-refractivity contribution in [2.24, 2.45) is 17.8 Å². The van der Waals surface area contributed by atoms with Crippen molar-refractivity contribution in [3.63, 3.8) is 0 Å². The number of aromatic amines is 1. The summed E-state index contributed by atoms with van der Waals surface area (Å²) in [4.78, 5) is 11.7. The van der Waals surface area contributed by atoms with Gasteiger partial charge in [-0.05, 0) is 43.1 Å². The van der Waals surface area contributed by atoms with E-state index in [0.717, 1.165) is 41.1 Å². The quantitative estimate of drug-likeness (QED) is 0.886. The summed E-state index contributed by atoms with van der Waals surface area (Å²) in [5, 5.41) is 4.60. The molecular formula is C15H22N4. The van der Waals surface area contributed by atoms with Gasteiger partial charge in [0.25, 0.3) is 0 Å². The zero-order chi connectivity index (χ0) is 13.2. The fourth-order valence-corrected chi connectivity index (χ4v) is 3.53. The van der Waals surface area contributed by atoms with Gasteiger partial charge in [0, 0.05) is 12.7 Å². The first kappa shape index (κ1) is 12.5. The lowest BCUT2D eigenvalue weighted by molar-refractivity contribution is 0.227. The van der Waals surface area contributed by atoms with Gasteiger partial charge in [0.2, 0.25) is 0 Å².